The lowest BCUT2D eigenvalue weighted by atomic mass is 10.1. The topological polar surface area (TPSA) is 82.1 Å². The van der Waals surface area contributed by atoms with Gasteiger partial charge in [0.1, 0.15) is 5.75 Å². The number of nitrogens with zero attached hydrogens (tertiary/aromatic N) is 1. The molecule has 1 amide bonds. The van der Waals surface area contributed by atoms with E-state index in [0.29, 0.717) is 35.8 Å². The van der Waals surface area contributed by atoms with Crippen molar-refractivity contribution in [3.63, 3.8) is 0 Å². The van der Waals surface area contributed by atoms with Crippen LogP contribution in [0.2, 0.25) is 0 Å². The molecule has 0 N–H and O–H groups in total. The first kappa shape index (κ1) is 22.0. The Morgan fingerprint density at radius 1 is 1.07 bits per heavy atom. The second kappa shape index (κ2) is 9.38. The molecule has 1 unspecified atom stereocenters. The van der Waals surface area contributed by atoms with Crippen LogP contribution in [-0.2, 0) is 16.4 Å². The van der Waals surface area contributed by atoms with Crippen LogP contribution in [0.15, 0.2) is 42.5 Å². The van der Waals surface area contributed by atoms with Gasteiger partial charge in [-0.3, -0.25) is 4.79 Å². The largest absolute Gasteiger partial charge is 0.494 e. The van der Waals surface area contributed by atoms with Crippen LogP contribution < -0.4 is 14.2 Å². The minimum absolute atomic E-state index is 0.0247. The molecule has 8 heteroatoms. The third kappa shape index (κ3) is 5.05. The van der Waals surface area contributed by atoms with Crippen molar-refractivity contribution in [2.45, 2.75) is 25.9 Å². The Bertz CT molecular complexity index is 987. The number of carbonyl (C=O) groups is 1. The average Bonchev–Trinajstić information content (AvgIpc) is 3.11. The van der Waals surface area contributed by atoms with Crippen molar-refractivity contribution in [3.8, 4) is 17.2 Å². The zero-order chi connectivity index (χ0) is 21.7. The molecule has 1 saturated heterocycles. The number of hydrogen-bond acceptors (Lipinski definition) is 6. The maximum Gasteiger partial charge on any atom is 0.254 e. The lowest BCUT2D eigenvalue weighted by molar-refractivity contribution is 0.0680. The highest BCUT2D eigenvalue weighted by atomic mass is 32.2. The van der Waals surface area contributed by atoms with Crippen LogP contribution in [0.5, 0.6) is 17.2 Å². The van der Waals surface area contributed by atoms with Crippen LogP contribution in [0.3, 0.4) is 0 Å². The summed E-state index contributed by atoms with van der Waals surface area (Å²) in [4.78, 5) is 15.0. The molecule has 162 valence electrons. The molecule has 0 bridgehead atoms. The fraction of sp³-hybridized carbons (Fsp3) is 0.409. The third-order valence-electron chi connectivity index (χ3n) is 5.12. The fourth-order valence-corrected chi connectivity index (χ4v) is 5.32. The molecule has 30 heavy (non-hydrogen) atoms. The van der Waals surface area contributed by atoms with Crippen LogP contribution in [0.25, 0.3) is 0 Å². The Balaban J connectivity index is 1.89. The minimum Gasteiger partial charge on any atom is -0.494 e. The van der Waals surface area contributed by atoms with Gasteiger partial charge in [-0.15, -0.1) is 0 Å². The Kier molecular flexibility index (Phi) is 6.87. The van der Waals surface area contributed by atoms with Crippen molar-refractivity contribution in [2.75, 3.05) is 32.3 Å². The number of methoxy groups -OCH3 is 2. The van der Waals surface area contributed by atoms with Crippen molar-refractivity contribution in [1.29, 1.82) is 0 Å². The molecule has 1 aliphatic rings. The highest BCUT2D eigenvalue weighted by molar-refractivity contribution is 7.91. The standard InChI is InChI=1S/C22H27NO6S/c1-4-29-19-8-6-17(7-9-19)22(24)23(18-11-12-30(25,26)15-18)14-16-5-10-20(27-2)21(13-16)28-3/h5-10,13,18H,4,11-12,14-15H2,1-3H3. The number of rotatable bonds is 8. The van der Waals surface area contributed by atoms with E-state index in [1.54, 1.807) is 55.5 Å². The van der Waals surface area contributed by atoms with E-state index in [2.05, 4.69) is 0 Å². The molecule has 0 radical (unpaired) electrons. The van der Waals surface area contributed by atoms with E-state index in [4.69, 9.17) is 14.2 Å². The van der Waals surface area contributed by atoms with E-state index in [1.165, 1.54) is 0 Å². The van der Waals surface area contributed by atoms with Gasteiger partial charge in [0.2, 0.25) is 0 Å². The number of hydrogen-bond donors (Lipinski definition) is 0. The molecule has 1 aliphatic heterocycles. The molecular weight excluding hydrogens is 406 g/mol. The normalized spacial score (nSPS) is 17.4. The predicted octanol–water partition coefficient (Wildman–Crippen LogP) is 2.93. The number of sulfone groups is 1. The van der Waals surface area contributed by atoms with E-state index in [9.17, 15) is 13.2 Å². The quantitative estimate of drug-likeness (QED) is 0.637. The van der Waals surface area contributed by atoms with Crippen molar-refractivity contribution >= 4 is 15.7 Å². The first-order valence-corrected chi connectivity index (χ1v) is 11.6. The van der Waals surface area contributed by atoms with Crippen LogP contribution in [0.4, 0.5) is 0 Å². The second-order valence-corrected chi connectivity index (χ2v) is 9.37. The van der Waals surface area contributed by atoms with Crippen molar-refractivity contribution < 1.29 is 27.4 Å². The molecule has 2 aromatic rings. The monoisotopic (exact) mass is 433 g/mol. The summed E-state index contributed by atoms with van der Waals surface area (Å²) in [5, 5.41) is 0. The van der Waals surface area contributed by atoms with Gasteiger partial charge in [0.15, 0.2) is 21.3 Å². The maximum absolute atomic E-state index is 13.3. The van der Waals surface area contributed by atoms with Crippen LogP contribution in [-0.4, -0.2) is 57.6 Å². The van der Waals surface area contributed by atoms with Gasteiger partial charge in [0, 0.05) is 18.2 Å². The summed E-state index contributed by atoms with van der Waals surface area (Å²) in [6.07, 6.45) is 0.429. The van der Waals surface area contributed by atoms with E-state index in [-0.39, 0.29) is 30.0 Å². The molecule has 1 heterocycles. The Labute approximate surface area is 177 Å². The zero-order valence-corrected chi connectivity index (χ0v) is 18.3. The Morgan fingerprint density at radius 2 is 1.77 bits per heavy atom. The lowest BCUT2D eigenvalue weighted by Crippen LogP contribution is -2.40. The SMILES string of the molecule is CCOc1ccc(C(=O)N(Cc2ccc(OC)c(OC)c2)C2CCS(=O)(=O)C2)cc1. The predicted molar refractivity (Wildman–Crippen MR) is 114 cm³/mol. The molecular formula is C22H27NO6S. The van der Waals surface area contributed by atoms with Crippen molar-refractivity contribution in [2.24, 2.45) is 0 Å². The van der Waals surface area contributed by atoms with Gasteiger partial charge in [0.25, 0.3) is 5.91 Å². The van der Waals surface area contributed by atoms with Gasteiger partial charge >= 0.3 is 0 Å². The average molecular weight is 434 g/mol. The number of amides is 1. The number of benzene rings is 2. The summed E-state index contributed by atoms with van der Waals surface area (Å²) in [6, 6.07) is 12.0. The fourth-order valence-electron chi connectivity index (χ4n) is 3.59. The third-order valence-corrected chi connectivity index (χ3v) is 6.87. The lowest BCUT2D eigenvalue weighted by Gasteiger charge is -2.29. The van der Waals surface area contributed by atoms with E-state index in [0.717, 1.165) is 5.56 Å². The van der Waals surface area contributed by atoms with E-state index < -0.39 is 9.84 Å². The van der Waals surface area contributed by atoms with Gasteiger partial charge in [-0.2, -0.15) is 0 Å². The van der Waals surface area contributed by atoms with E-state index >= 15 is 0 Å². The first-order valence-electron chi connectivity index (χ1n) is 9.82. The Hall–Kier alpha value is -2.74. The maximum atomic E-state index is 13.3. The minimum atomic E-state index is -3.14. The number of ether oxygens (including phenoxy) is 3. The van der Waals surface area contributed by atoms with Gasteiger partial charge in [-0.25, -0.2) is 8.42 Å². The van der Waals surface area contributed by atoms with Gasteiger partial charge < -0.3 is 19.1 Å². The molecule has 7 nitrogen and oxygen atoms in total. The van der Waals surface area contributed by atoms with Crippen molar-refractivity contribution in [3.05, 3.63) is 53.6 Å². The molecule has 0 saturated carbocycles. The van der Waals surface area contributed by atoms with Crippen molar-refractivity contribution in [1.82, 2.24) is 4.90 Å². The second-order valence-electron chi connectivity index (χ2n) is 7.14. The highest BCUT2D eigenvalue weighted by Gasteiger charge is 2.35. The van der Waals surface area contributed by atoms with Gasteiger partial charge in [0.05, 0.1) is 32.3 Å². The van der Waals surface area contributed by atoms with Gasteiger partial charge in [-0.1, -0.05) is 6.07 Å². The molecule has 0 aliphatic carbocycles. The van der Waals surface area contributed by atoms with Crippen LogP contribution >= 0.6 is 0 Å². The summed E-state index contributed by atoms with van der Waals surface area (Å²) in [5.74, 6) is 1.69. The molecule has 0 spiro atoms. The molecule has 3 rings (SSSR count). The zero-order valence-electron chi connectivity index (χ0n) is 17.5. The summed E-state index contributed by atoms with van der Waals surface area (Å²) in [7, 11) is -0.0368. The number of carbonyl (C=O) groups excluding carboxylic acids is 1. The summed E-state index contributed by atoms with van der Waals surface area (Å²) < 4.78 is 40.2. The first-order chi connectivity index (χ1) is 14.4. The van der Waals surface area contributed by atoms with Gasteiger partial charge in [-0.05, 0) is 55.3 Å². The molecule has 2 aromatic carbocycles. The summed E-state index contributed by atoms with van der Waals surface area (Å²) in [5.41, 5.74) is 1.32. The molecule has 1 fully saturated rings. The summed E-state index contributed by atoms with van der Waals surface area (Å²) >= 11 is 0. The smallest absolute Gasteiger partial charge is 0.254 e. The Morgan fingerprint density at radius 3 is 2.33 bits per heavy atom. The molecule has 1 atom stereocenters. The van der Waals surface area contributed by atoms with Crippen LogP contribution in [0, 0.1) is 0 Å². The van der Waals surface area contributed by atoms with Crippen LogP contribution in [0.1, 0.15) is 29.3 Å². The van der Waals surface area contributed by atoms with E-state index in [1.807, 2.05) is 13.0 Å². The summed E-state index contributed by atoms with van der Waals surface area (Å²) in [6.45, 7) is 2.70. The molecule has 0 aromatic heterocycles. The highest BCUT2D eigenvalue weighted by Crippen LogP contribution is 2.30.